The van der Waals surface area contributed by atoms with Crippen LogP contribution in [0.4, 0.5) is 0 Å². The van der Waals surface area contributed by atoms with Gasteiger partial charge in [0.15, 0.2) is 0 Å². The van der Waals surface area contributed by atoms with E-state index in [9.17, 15) is 4.79 Å². The van der Waals surface area contributed by atoms with E-state index in [1.807, 2.05) is 0 Å². The van der Waals surface area contributed by atoms with Gasteiger partial charge in [-0.25, -0.2) is 0 Å². The molecule has 1 amide bonds. The number of amides is 1. The first-order valence-electron chi connectivity index (χ1n) is 8.42. The molecule has 0 aromatic rings. The molecule has 0 aromatic heterocycles. The van der Waals surface area contributed by atoms with Crippen molar-refractivity contribution in [1.82, 2.24) is 21.3 Å². The summed E-state index contributed by atoms with van der Waals surface area (Å²) in [5.41, 5.74) is 5.54. The van der Waals surface area contributed by atoms with Crippen LogP contribution in [0.15, 0.2) is 0 Å². The number of carbonyl (C=O) groups excluding carboxylic acids is 1. The number of rotatable bonds is 5. The summed E-state index contributed by atoms with van der Waals surface area (Å²) in [4.78, 5) is 11.5. The molecular weight excluding hydrogens is 266 g/mol. The van der Waals surface area contributed by atoms with E-state index >= 15 is 0 Å². The zero-order valence-corrected chi connectivity index (χ0v) is 13.3. The molecule has 0 saturated carbocycles. The monoisotopic (exact) mass is 299 g/mol. The van der Waals surface area contributed by atoms with Crippen molar-refractivity contribution in [3.05, 3.63) is 0 Å². The maximum Gasteiger partial charge on any atom is 0.221 e. The minimum absolute atomic E-state index is 0.132. The number of hydrogen-bond donors (Lipinski definition) is 5. The second-order valence-corrected chi connectivity index (χ2v) is 5.76. The smallest absolute Gasteiger partial charge is 0.221 e. The van der Waals surface area contributed by atoms with E-state index < -0.39 is 0 Å². The van der Waals surface area contributed by atoms with E-state index in [4.69, 9.17) is 5.73 Å². The highest BCUT2D eigenvalue weighted by Gasteiger charge is 2.08. The third-order valence-electron chi connectivity index (χ3n) is 3.81. The fourth-order valence-electron chi connectivity index (χ4n) is 2.53. The zero-order chi connectivity index (χ0) is 15.2. The Bertz CT molecular complexity index is 262. The first-order valence-corrected chi connectivity index (χ1v) is 8.42. The molecule has 0 aromatic carbocycles. The molecule has 1 fully saturated rings. The molecule has 1 rings (SSSR count). The van der Waals surface area contributed by atoms with Crippen LogP contribution in [0.3, 0.4) is 0 Å². The van der Waals surface area contributed by atoms with Gasteiger partial charge in [-0.1, -0.05) is 12.8 Å². The standard InChI is InChI=1S/C15H33N5O/c16-6-3-1-2-4-14-12-18-9-8-17-7-5-15(21)20-11-10-19-13-14/h14,17-19H,1-13,16H2,(H,20,21). The molecule has 6 N–H and O–H groups in total. The number of nitrogens with two attached hydrogens (primary N) is 1. The van der Waals surface area contributed by atoms with Gasteiger partial charge in [-0.15, -0.1) is 0 Å². The van der Waals surface area contributed by atoms with Crippen LogP contribution >= 0.6 is 0 Å². The van der Waals surface area contributed by atoms with Gasteiger partial charge in [-0.05, 0) is 38.4 Å². The van der Waals surface area contributed by atoms with Gasteiger partial charge in [-0.3, -0.25) is 4.79 Å². The van der Waals surface area contributed by atoms with Crippen LogP contribution in [0.5, 0.6) is 0 Å². The molecule has 0 spiro atoms. The molecule has 1 aliphatic rings. The molecule has 6 nitrogen and oxygen atoms in total. The highest BCUT2D eigenvalue weighted by atomic mass is 16.1. The zero-order valence-electron chi connectivity index (χ0n) is 13.3. The van der Waals surface area contributed by atoms with Crippen LogP contribution in [0.1, 0.15) is 32.1 Å². The SMILES string of the molecule is NCCCCCC1CNCCNCCC(=O)NCCNC1. The van der Waals surface area contributed by atoms with Gasteiger partial charge in [0, 0.05) is 39.1 Å². The lowest BCUT2D eigenvalue weighted by Crippen LogP contribution is -2.39. The molecule has 0 aliphatic carbocycles. The Balaban J connectivity index is 2.25. The van der Waals surface area contributed by atoms with Crippen LogP contribution in [0, 0.1) is 5.92 Å². The summed E-state index contributed by atoms with van der Waals surface area (Å²) >= 11 is 0. The van der Waals surface area contributed by atoms with Crippen LogP contribution in [0.2, 0.25) is 0 Å². The van der Waals surface area contributed by atoms with Crippen molar-refractivity contribution in [3.63, 3.8) is 0 Å². The Kier molecular flexibility index (Phi) is 11.4. The van der Waals surface area contributed by atoms with E-state index in [0.29, 0.717) is 18.9 Å². The Hall–Kier alpha value is -0.690. The van der Waals surface area contributed by atoms with Gasteiger partial charge >= 0.3 is 0 Å². The third-order valence-corrected chi connectivity index (χ3v) is 3.81. The quantitative estimate of drug-likeness (QED) is 0.438. The molecule has 6 heteroatoms. The predicted octanol–water partition coefficient (Wildman–Crippen LogP) is -0.590. The van der Waals surface area contributed by atoms with Crippen LogP contribution in [0.25, 0.3) is 0 Å². The van der Waals surface area contributed by atoms with Gasteiger partial charge in [0.2, 0.25) is 5.91 Å². The normalized spacial score (nSPS) is 23.3. The average molecular weight is 299 g/mol. The van der Waals surface area contributed by atoms with Gasteiger partial charge in [0.1, 0.15) is 0 Å². The van der Waals surface area contributed by atoms with Gasteiger partial charge in [-0.2, -0.15) is 0 Å². The third kappa shape index (κ3) is 10.6. The van der Waals surface area contributed by atoms with Gasteiger partial charge in [0.05, 0.1) is 0 Å². The predicted molar refractivity (Wildman–Crippen MR) is 87.2 cm³/mol. The largest absolute Gasteiger partial charge is 0.355 e. The molecule has 21 heavy (non-hydrogen) atoms. The van der Waals surface area contributed by atoms with Crippen LogP contribution in [-0.2, 0) is 4.79 Å². The summed E-state index contributed by atoms with van der Waals surface area (Å²) < 4.78 is 0. The summed E-state index contributed by atoms with van der Waals surface area (Å²) in [6.07, 6.45) is 5.40. The highest BCUT2D eigenvalue weighted by molar-refractivity contribution is 5.76. The maximum atomic E-state index is 11.5. The van der Waals surface area contributed by atoms with Crippen molar-refractivity contribution < 1.29 is 4.79 Å². The number of unbranched alkanes of at least 4 members (excludes halogenated alkanes) is 2. The van der Waals surface area contributed by atoms with Crippen molar-refractivity contribution in [3.8, 4) is 0 Å². The molecule has 124 valence electrons. The Morgan fingerprint density at radius 1 is 0.905 bits per heavy atom. The van der Waals surface area contributed by atoms with Crippen molar-refractivity contribution in [1.29, 1.82) is 0 Å². The second kappa shape index (κ2) is 13.0. The fourth-order valence-corrected chi connectivity index (χ4v) is 2.53. The number of carbonyl (C=O) groups is 1. The van der Waals surface area contributed by atoms with Crippen molar-refractivity contribution >= 4 is 5.91 Å². The van der Waals surface area contributed by atoms with Crippen LogP contribution < -0.4 is 27.0 Å². The van der Waals surface area contributed by atoms with E-state index in [1.54, 1.807) is 0 Å². The van der Waals surface area contributed by atoms with Gasteiger partial charge in [0.25, 0.3) is 0 Å². The topological polar surface area (TPSA) is 91.2 Å². The summed E-state index contributed by atoms with van der Waals surface area (Å²) in [6.45, 7) is 7.06. The lowest BCUT2D eigenvalue weighted by molar-refractivity contribution is -0.120. The van der Waals surface area contributed by atoms with E-state index in [-0.39, 0.29) is 5.91 Å². The minimum Gasteiger partial charge on any atom is -0.355 e. The molecule has 1 saturated heterocycles. The van der Waals surface area contributed by atoms with Gasteiger partial charge < -0.3 is 27.0 Å². The number of hydrogen-bond acceptors (Lipinski definition) is 5. The maximum absolute atomic E-state index is 11.5. The molecule has 0 radical (unpaired) electrons. The van der Waals surface area contributed by atoms with E-state index in [2.05, 4.69) is 21.3 Å². The lowest BCUT2D eigenvalue weighted by atomic mass is 10.0. The van der Waals surface area contributed by atoms with Crippen molar-refractivity contribution in [2.24, 2.45) is 11.7 Å². The van der Waals surface area contributed by atoms with E-state index in [1.165, 1.54) is 19.3 Å². The molecule has 1 unspecified atom stereocenters. The summed E-state index contributed by atoms with van der Waals surface area (Å²) in [7, 11) is 0. The lowest BCUT2D eigenvalue weighted by Gasteiger charge is -2.19. The molecule has 1 aliphatic heterocycles. The fraction of sp³-hybridized carbons (Fsp3) is 0.933. The Labute approximate surface area is 129 Å². The highest BCUT2D eigenvalue weighted by Crippen LogP contribution is 2.08. The summed E-state index contributed by atoms with van der Waals surface area (Å²) in [6, 6.07) is 0. The summed E-state index contributed by atoms with van der Waals surface area (Å²) in [5.74, 6) is 0.786. The molecule has 0 bridgehead atoms. The van der Waals surface area contributed by atoms with E-state index in [0.717, 1.165) is 52.2 Å². The Morgan fingerprint density at radius 2 is 1.62 bits per heavy atom. The minimum atomic E-state index is 0.132. The first-order chi connectivity index (χ1) is 10.3. The molecule has 1 heterocycles. The average Bonchev–Trinajstić information content (AvgIpc) is 2.48. The molecule has 1 atom stereocenters. The summed E-state index contributed by atoms with van der Waals surface area (Å²) in [5, 5.41) is 13.2. The van der Waals surface area contributed by atoms with Crippen molar-refractivity contribution in [2.45, 2.75) is 32.1 Å². The van der Waals surface area contributed by atoms with Crippen molar-refractivity contribution in [2.75, 3.05) is 52.4 Å². The Morgan fingerprint density at radius 3 is 2.38 bits per heavy atom. The second-order valence-electron chi connectivity index (χ2n) is 5.76. The number of nitrogens with one attached hydrogen (secondary N) is 4. The van der Waals surface area contributed by atoms with Crippen LogP contribution in [-0.4, -0.2) is 58.3 Å². The first kappa shape index (κ1) is 18.4. The molecular formula is C15H33N5O.